The van der Waals surface area contributed by atoms with Gasteiger partial charge in [-0.1, -0.05) is 24.3 Å². The smallest absolute Gasteiger partial charge is 0.0521 e. The Hall–Kier alpha value is -1.61. The second kappa shape index (κ2) is 5.41. The van der Waals surface area contributed by atoms with Crippen LogP contribution in [0.1, 0.15) is 30.0 Å². The molecule has 0 aliphatic heterocycles. The second-order valence-electron chi connectivity index (χ2n) is 6.03. The minimum atomic E-state index is 0.204. The van der Waals surface area contributed by atoms with Crippen LogP contribution in [0.3, 0.4) is 0 Å². The largest absolute Gasteiger partial charge is 0.330 e. The monoisotopic (exact) mass is 269 g/mol. The highest BCUT2D eigenvalue weighted by molar-refractivity contribution is 5.31. The van der Waals surface area contributed by atoms with Gasteiger partial charge < -0.3 is 5.73 Å². The fourth-order valence-electron chi connectivity index (χ4n) is 3.37. The summed E-state index contributed by atoms with van der Waals surface area (Å²) in [7, 11) is 0. The number of hydrogen-bond donors (Lipinski definition) is 1. The topological polar surface area (TPSA) is 43.8 Å². The van der Waals surface area contributed by atoms with E-state index >= 15 is 0 Å². The summed E-state index contributed by atoms with van der Waals surface area (Å²) >= 11 is 0. The van der Waals surface area contributed by atoms with Crippen molar-refractivity contribution >= 4 is 0 Å². The van der Waals surface area contributed by atoms with Gasteiger partial charge in [-0.3, -0.25) is 4.68 Å². The van der Waals surface area contributed by atoms with E-state index in [0.29, 0.717) is 0 Å². The highest BCUT2D eigenvalue weighted by Gasteiger charge is 2.33. The van der Waals surface area contributed by atoms with Crippen LogP contribution in [0.15, 0.2) is 36.7 Å². The molecular weight excluding hydrogens is 246 g/mol. The minimum absolute atomic E-state index is 0.204. The van der Waals surface area contributed by atoms with E-state index in [1.165, 1.54) is 23.1 Å². The Morgan fingerprint density at radius 1 is 1.30 bits per heavy atom. The molecule has 0 fully saturated rings. The van der Waals surface area contributed by atoms with Crippen LogP contribution in [0, 0.1) is 5.41 Å². The maximum atomic E-state index is 6.16. The SMILES string of the molecule is CCn1cc(CC2(CN)CCc3ccccc3C2)cn1. The van der Waals surface area contributed by atoms with Gasteiger partial charge in [0.15, 0.2) is 0 Å². The molecule has 0 spiro atoms. The third kappa shape index (κ3) is 2.50. The van der Waals surface area contributed by atoms with E-state index in [1.54, 1.807) is 0 Å². The van der Waals surface area contributed by atoms with E-state index < -0.39 is 0 Å². The molecule has 20 heavy (non-hydrogen) atoms. The standard InChI is InChI=1S/C17H23N3/c1-2-20-12-14(11-19-20)9-17(13-18)8-7-15-5-3-4-6-16(15)10-17/h3-6,11-12H,2,7-10,13,18H2,1H3. The van der Waals surface area contributed by atoms with E-state index in [1.807, 2.05) is 10.9 Å². The first-order chi connectivity index (χ1) is 9.74. The molecule has 1 unspecified atom stereocenters. The molecule has 3 rings (SSSR count). The molecule has 1 aliphatic rings. The number of nitrogens with two attached hydrogens (primary N) is 1. The predicted octanol–water partition coefficient (Wildman–Crippen LogP) is 2.58. The summed E-state index contributed by atoms with van der Waals surface area (Å²) in [6, 6.07) is 8.79. The van der Waals surface area contributed by atoms with Gasteiger partial charge in [-0.05, 0) is 61.3 Å². The number of hydrogen-bond acceptors (Lipinski definition) is 2. The molecule has 1 aromatic carbocycles. The van der Waals surface area contributed by atoms with Crippen LogP contribution >= 0.6 is 0 Å². The lowest BCUT2D eigenvalue weighted by Crippen LogP contribution is -2.38. The lowest BCUT2D eigenvalue weighted by atomic mass is 9.68. The molecular formula is C17H23N3. The Morgan fingerprint density at radius 2 is 2.10 bits per heavy atom. The van der Waals surface area contributed by atoms with Gasteiger partial charge in [0.05, 0.1) is 6.20 Å². The summed E-state index contributed by atoms with van der Waals surface area (Å²) in [5.41, 5.74) is 10.7. The van der Waals surface area contributed by atoms with Gasteiger partial charge in [0.2, 0.25) is 0 Å². The molecule has 1 heterocycles. The number of fused-ring (bicyclic) bond motifs is 1. The summed E-state index contributed by atoms with van der Waals surface area (Å²) in [5, 5.41) is 4.39. The van der Waals surface area contributed by atoms with Gasteiger partial charge in [-0.2, -0.15) is 5.10 Å². The zero-order valence-corrected chi connectivity index (χ0v) is 12.2. The molecule has 0 bridgehead atoms. The van der Waals surface area contributed by atoms with Crippen LogP contribution in [0.2, 0.25) is 0 Å². The first-order valence-corrected chi connectivity index (χ1v) is 7.53. The van der Waals surface area contributed by atoms with Crippen LogP contribution in [0.4, 0.5) is 0 Å². The van der Waals surface area contributed by atoms with Gasteiger partial charge in [-0.15, -0.1) is 0 Å². The molecule has 0 saturated carbocycles. The normalized spacial score (nSPS) is 21.7. The minimum Gasteiger partial charge on any atom is -0.330 e. The van der Waals surface area contributed by atoms with E-state index in [0.717, 1.165) is 32.4 Å². The lowest BCUT2D eigenvalue weighted by molar-refractivity contribution is 0.254. The first kappa shape index (κ1) is 13.4. The molecule has 1 aliphatic carbocycles. The molecule has 2 N–H and O–H groups in total. The van der Waals surface area contributed by atoms with Crippen molar-refractivity contribution in [3.63, 3.8) is 0 Å². The molecule has 3 heteroatoms. The molecule has 0 amide bonds. The van der Waals surface area contributed by atoms with Gasteiger partial charge in [0, 0.05) is 12.7 Å². The van der Waals surface area contributed by atoms with Crippen molar-refractivity contribution in [1.29, 1.82) is 0 Å². The van der Waals surface area contributed by atoms with E-state index in [4.69, 9.17) is 5.73 Å². The first-order valence-electron chi connectivity index (χ1n) is 7.53. The summed E-state index contributed by atoms with van der Waals surface area (Å²) < 4.78 is 2.00. The van der Waals surface area contributed by atoms with Gasteiger partial charge >= 0.3 is 0 Å². The summed E-state index contributed by atoms with van der Waals surface area (Å²) in [6.07, 6.45) is 8.63. The predicted molar refractivity (Wildman–Crippen MR) is 81.6 cm³/mol. The van der Waals surface area contributed by atoms with Gasteiger partial charge in [0.1, 0.15) is 0 Å². The summed E-state index contributed by atoms with van der Waals surface area (Å²) in [5.74, 6) is 0. The van der Waals surface area contributed by atoms with Crippen LogP contribution in [-0.4, -0.2) is 16.3 Å². The fourth-order valence-corrected chi connectivity index (χ4v) is 3.37. The van der Waals surface area contributed by atoms with Crippen molar-refractivity contribution in [3.8, 4) is 0 Å². The van der Waals surface area contributed by atoms with E-state index in [2.05, 4.69) is 42.5 Å². The molecule has 3 nitrogen and oxygen atoms in total. The zero-order valence-electron chi connectivity index (χ0n) is 12.2. The lowest BCUT2D eigenvalue weighted by Gasteiger charge is -2.37. The average molecular weight is 269 g/mol. The van der Waals surface area contributed by atoms with Crippen molar-refractivity contribution in [2.45, 2.75) is 39.2 Å². The van der Waals surface area contributed by atoms with Crippen molar-refractivity contribution in [2.75, 3.05) is 6.54 Å². The highest BCUT2D eigenvalue weighted by Crippen LogP contribution is 2.37. The number of benzene rings is 1. The van der Waals surface area contributed by atoms with Crippen molar-refractivity contribution in [2.24, 2.45) is 11.1 Å². The Labute approximate surface area is 120 Å². The Morgan fingerprint density at radius 3 is 2.80 bits per heavy atom. The second-order valence-corrected chi connectivity index (χ2v) is 6.03. The molecule has 1 aromatic heterocycles. The third-order valence-electron chi connectivity index (χ3n) is 4.63. The number of rotatable bonds is 4. The van der Waals surface area contributed by atoms with E-state index in [-0.39, 0.29) is 5.41 Å². The number of aromatic nitrogens is 2. The Bertz CT molecular complexity index is 587. The quantitative estimate of drug-likeness (QED) is 0.927. The van der Waals surface area contributed by atoms with Crippen LogP contribution in [-0.2, 0) is 25.8 Å². The number of aryl methyl sites for hydroxylation is 2. The van der Waals surface area contributed by atoms with Crippen LogP contribution < -0.4 is 5.73 Å². The Kier molecular flexibility index (Phi) is 3.62. The highest BCUT2D eigenvalue weighted by atomic mass is 15.3. The summed E-state index contributed by atoms with van der Waals surface area (Å²) in [4.78, 5) is 0. The third-order valence-corrected chi connectivity index (χ3v) is 4.63. The van der Waals surface area contributed by atoms with Gasteiger partial charge in [0.25, 0.3) is 0 Å². The molecule has 0 radical (unpaired) electrons. The zero-order chi connectivity index (χ0) is 14.0. The van der Waals surface area contributed by atoms with Crippen molar-refractivity contribution in [1.82, 2.24) is 9.78 Å². The number of nitrogens with zero attached hydrogens (tertiary/aromatic N) is 2. The maximum absolute atomic E-state index is 6.16. The van der Waals surface area contributed by atoms with Crippen LogP contribution in [0.25, 0.3) is 0 Å². The molecule has 1 atom stereocenters. The molecule has 0 saturated heterocycles. The molecule has 2 aromatic rings. The maximum Gasteiger partial charge on any atom is 0.0521 e. The van der Waals surface area contributed by atoms with Crippen molar-refractivity contribution < 1.29 is 0 Å². The summed E-state index contributed by atoms with van der Waals surface area (Å²) in [6.45, 7) is 3.80. The molecule has 106 valence electrons. The van der Waals surface area contributed by atoms with E-state index in [9.17, 15) is 0 Å². The fraction of sp³-hybridized carbons (Fsp3) is 0.471. The Balaban J connectivity index is 1.82. The van der Waals surface area contributed by atoms with Crippen molar-refractivity contribution in [3.05, 3.63) is 53.3 Å². The van der Waals surface area contributed by atoms with Crippen LogP contribution in [0.5, 0.6) is 0 Å². The van der Waals surface area contributed by atoms with Gasteiger partial charge in [-0.25, -0.2) is 0 Å². The average Bonchev–Trinajstić information content (AvgIpc) is 2.94.